The van der Waals surface area contributed by atoms with Gasteiger partial charge < -0.3 is 15.0 Å². The van der Waals surface area contributed by atoms with E-state index in [1.165, 1.54) is 17.0 Å². The zero-order valence-electron chi connectivity index (χ0n) is 17.3. The van der Waals surface area contributed by atoms with Crippen molar-refractivity contribution in [1.29, 1.82) is 0 Å². The maximum atomic E-state index is 13.3. The summed E-state index contributed by atoms with van der Waals surface area (Å²) in [6.45, 7) is 1.99. The lowest BCUT2D eigenvalue weighted by atomic mass is 10.1. The number of hydrogen-bond donors (Lipinski definition) is 1. The van der Waals surface area contributed by atoms with Gasteiger partial charge in [0.25, 0.3) is 5.91 Å². The topological polar surface area (TPSA) is 58.6 Å². The summed E-state index contributed by atoms with van der Waals surface area (Å²) in [5, 5.41) is 2.87. The Morgan fingerprint density at radius 1 is 0.903 bits per heavy atom. The van der Waals surface area contributed by atoms with Gasteiger partial charge in [-0.2, -0.15) is 0 Å². The number of benzene rings is 3. The van der Waals surface area contributed by atoms with Crippen molar-refractivity contribution >= 4 is 11.8 Å². The van der Waals surface area contributed by atoms with Gasteiger partial charge in [0.2, 0.25) is 5.91 Å². The van der Waals surface area contributed by atoms with Crippen molar-refractivity contribution in [3.8, 4) is 5.75 Å². The lowest BCUT2D eigenvalue weighted by Crippen LogP contribution is -2.48. The second kappa shape index (κ2) is 10.9. The fourth-order valence-electron chi connectivity index (χ4n) is 3.05. The first-order valence-corrected chi connectivity index (χ1v) is 10.1. The Bertz CT molecular complexity index is 979. The zero-order valence-corrected chi connectivity index (χ0v) is 17.3. The van der Waals surface area contributed by atoms with Crippen molar-refractivity contribution < 1.29 is 18.7 Å². The van der Waals surface area contributed by atoms with E-state index in [1.54, 1.807) is 31.2 Å². The molecule has 0 spiro atoms. The van der Waals surface area contributed by atoms with Gasteiger partial charge in [0.05, 0.1) is 0 Å². The molecular formula is C25H25FN2O3. The Morgan fingerprint density at radius 2 is 1.52 bits per heavy atom. The van der Waals surface area contributed by atoms with Crippen molar-refractivity contribution in [3.63, 3.8) is 0 Å². The minimum Gasteiger partial charge on any atom is -0.484 e. The maximum Gasteiger partial charge on any atom is 0.261 e. The van der Waals surface area contributed by atoms with Crippen molar-refractivity contribution in [1.82, 2.24) is 10.2 Å². The Labute approximate surface area is 181 Å². The molecule has 0 aliphatic heterocycles. The Balaban J connectivity index is 1.69. The fraction of sp³-hybridized carbons (Fsp3) is 0.200. The molecule has 0 aliphatic carbocycles. The largest absolute Gasteiger partial charge is 0.484 e. The average molecular weight is 420 g/mol. The number of nitrogens with zero attached hydrogens (tertiary/aromatic N) is 1. The summed E-state index contributed by atoms with van der Waals surface area (Å²) in [4.78, 5) is 27.2. The highest BCUT2D eigenvalue weighted by Crippen LogP contribution is 2.13. The Kier molecular flexibility index (Phi) is 7.76. The number of carbonyl (C=O) groups is 2. The first kappa shape index (κ1) is 22.0. The number of carbonyl (C=O) groups excluding carboxylic acids is 2. The number of halogens is 1. The molecule has 2 amide bonds. The summed E-state index contributed by atoms with van der Waals surface area (Å²) in [6.07, 6.45) is 0. The quantitative estimate of drug-likeness (QED) is 0.571. The molecule has 1 atom stereocenters. The molecule has 0 aliphatic rings. The Morgan fingerprint density at radius 3 is 2.16 bits per heavy atom. The summed E-state index contributed by atoms with van der Waals surface area (Å²) < 4.78 is 18.9. The van der Waals surface area contributed by atoms with E-state index in [0.29, 0.717) is 12.3 Å². The van der Waals surface area contributed by atoms with Crippen LogP contribution in [0, 0.1) is 5.82 Å². The summed E-state index contributed by atoms with van der Waals surface area (Å²) in [7, 11) is 0. The predicted molar refractivity (Wildman–Crippen MR) is 117 cm³/mol. The van der Waals surface area contributed by atoms with Crippen LogP contribution in [-0.2, 0) is 22.7 Å². The van der Waals surface area contributed by atoms with Crippen molar-refractivity contribution in [2.45, 2.75) is 26.1 Å². The van der Waals surface area contributed by atoms with Gasteiger partial charge >= 0.3 is 0 Å². The number of nitrogens with one attached hydrogen (secondary N) is 1. The summed E-state index contributed by atoms with van der Waals surface area (Å²) in [5.41, 5.74) is 1.68. The van der Waals surface area contributed by atoms with Gasteiger partial charge in [0.1, 0.15) is 17.6 Å². The number of rotatable bonds is 9. The van der Waals surface area contributed by atoms with Gasteiger partial charge in [-0.25, -0.2) is 4.39 Å². The minimum absolute atomic E-state index is 0.164. The van der Waals surface area contributed by atoms with E-state index in [9.17, 15) is 14.0 Å². The number of para-hydroxylation sites is 1. The molecule has 31 heavy (non-hydrogen) atoms. The Hall–Kier alpha value is -3.67. The standard InChI is InChI=1S/C25H25FN2O3/c1-19(25(30)27-16-20-8-4-2-5-9-20)28(17-21-12-14-22(26)15-13-21)24(29)18-31-23-10-6-3-7-11-23/h2-15,19H,16-18H2,1H3,(H,27,30)/t19-/m0/s1. The summed E-state index contributed by atoms with van der Waals surface area (Å²) in [5.74, 6) is -0.406. The van der Waals surface area contributed by atoms with Crippen LogP contribution in [-0.4, -0.2) is 29.4 Å². The number of hydrogen-bond acceptors (Lipinski definition) is 3. The minimum atomic E-state index is -0.736. The van der Waals surface area contributed by atoms with Crippen LogP contribution in [0.4, 0.5) is 4.39 Å². The van der Waals surface area contributed by atoms with E-state index >= 15 is 0 Å². The van der Waals surface area contributed by atoms with Crippen molar-refractivity contribution in [2.24, 2.45) is 0 Å². The molecule has 0 bridgehead atoms. The van der Waals surface area contributed by atoms with Gasteiger partial charge in [0, 0.05) is 13.1 Å². The maximum absolute atomic E-state index is 13.3. The van der Waals surface area contributed by atoms with Gasteiger partial charge in [-0.15, -0.1) is 0 Å². The normalized spacial score (nSPS) is 11.4. The van der Waals surface area contributed by atoms with Crippen LogP contribution >= 0.6 is 0 Å². The third-order valence-corrected chi connectivity index (χ3v) is 4.85. The van der Waals surface area contributed by atoms with Crippen LogP contribution in [0.15, 0.2) is 84.9 Å². The first-order valence-electron chi connectivity index (χ1n) is 10.1. The van der Waals surface area contributed by atoms with Crippen LogP contribution in [0.2, 0.25) is 0 Å². The molecule has 3 aromatic rings. The van der Waals surface area contributed by atoms with E-state index in [1.807, 2.05) is 48.5 Å². The molecule has 0 unspecified atom stereocenters. The van der Waals surface area contributed by atoms with Crippen LogP contribution < -0.4 is 10.1 Å². The van der Waals surface area contributed by atoms with Crippen LogP contribution in [0.3, 0.4) is 0 Å². The second-order valence-corrected chi connectivity index (χ2v) is 7.13. The molecule has 3 aromatic carbocycles. The predicted octanol–water partition coefficient (Wildman–Crippen LogP) is 3.94. The van der Waals surface area contributed by atoms with E-state index in [2.05, 4.69) is 5.32 Å². The third kappa shape index (κ3) is 6.67. The number of ether oxygens (including phenoxy) is 1. The van der Waals surface area contributed by atoms with Gasteiger partial charge in [-0.3, -0.25) is 9.59 Å². The highest BCUT2D eigenvalue weighted by Gasteiger charge is 2.26. The summed E-state index contributed by atoms with van der Waals surface area (Å²) in [6, 6.07) is 23.7. The first-order chi connectivity index (χ1) is 15.0. The highest BCUT2D eigenvalue weighted by atomic mass is 19.1. The molecule has 0 saturated carbocycles. The van der Waals surface area contributed by atoms with Gasteiger partial charge in [-0.05, 0) is 42.3 Å². The smallest absolute Gasteiger partial charge is 0.261 e. The lowest BCUT2D eigenvalue weighted by Gasteiger charge is -2.28. The molecule has 0 radical (unpaired) electrons. The van der Waals surface area contributed by atoms with Crippen molar-refractivity contribution in [2.75, 3.05) is 6.61 Å². The fourth-order valence-corrected chi connectivity index (χ4v) is 3.05. The molecule has 160 valence electrons. The molecule has 3 rings (SSSR count). The number of amides is 2. The molecule has 6 heteroatoms. The van der Waals surface area contributed by atoms with Crippen molar-refractivity contribution in [3.05, 3.63) is 102 Å². The van der Waals surface area contributed by atoms with Crippen LogP contribution in [0.1, 0.15) is 18.1 Å². The van der Waals surface area contributed by atoms with E-state index in [-0.39, 0.29) is 30.8 Å². The molecule has 0 heterocycles. The van der Waals surface area contributed by atoms with E-state index in [0.717, 1.165) is 11.1 Å². The van der Waals surface area contributed by atoms with E-state index < -0.39 is 6.04 Å². The van der Waals surface area contributed by atoms with Crippen LogP contribution in [0.5, 0.6) is 5.75 Å². The average Bonchev–Trinajstić information content (AvgIpc) is 2.81. The second-order valence-electron chi connectivity index (χ2n) is 7.13. The SMILES string of the molecule is C[C@@H](C(=O)NCc1ccccc1)N(Cc1ccc(F)cc1)C(=O)COc1ccccc1. The van der Waals surface area contributed by atoms with Gasteiger partial charge in [-0.1, -0.05) is 60.7 Å². The lowest BCUT2D eigenvalue weighted by molar-refractivity contribution is -0.142. The zero-order chi connectivity index (χ0) is 22.1. The molecule has 5 nitrogen and oxygen atoms in total. The summed E-state index contributed by atoms with van der Waals surface area (Å²) >= 11 is 0. The monoisotopic (exact) mass is 420 g/mol. The highest BCUT2D eigenvalue weighted by molar-refractivity contribution is 5.87. The van der Waals surface area contributed by atoms with Crippen LogP contribution in [0.25, 0.3) is 0 Å². The van der Waals surface area contributed by atoms with Gasteiger partial charge in [0.15, 0.2) is 6.61 Å². The van der Waals surface area contributed by atoms with E-state index in [4.69, 9.17) is 4.74 Å². The molecule has 0 saturated heterocycles. The molecule has 0 aromatic heterocycles. The third-order valence-electron chi connectivity index (χ3n) is 4.85. The molecule has 1 N–H and O–H groups in total. The molecule has 0 fully saturated rings. The molecular weight excluding hydrogens is 395 g/mol.